The maximum Gasteiger partial charge on any atom is 0.271 e. The molecule has 1 aliphatic heterocycles. The molecule has 0 spiro atoms. The number of furan rings is 1. The smallest absolute Gasteiger partial charge is 0.271 e. The maximum absolute atomic E-state index is 13.8. The van der Waals surface area contributed by atoms with Crippen LogP contribution in [-0.2, 0) is 6.42 Å². The number of aryl methyl sites for hydroxylation is 1. The number of allylic oxidation sites excluding steroid dienone is 1. The van der Waals surface area contributed by atoms with Crippen molar-refractivity contribution >= 4 is 50.4 Å². The highest BCUT2D eigenvalue weighted by Crippen LogP contribution is 2.42. The highest BCUT2D eigenvalue weighted by molar-refractivity contribution is 9.10. The van der Waals surface area contributed by atoms with Crippen LogP contribution in [0.4, 0.5) is 0 Å². The van der Waals surface area contributed by atoms with Crippen molar-refractivity contribution in [2.24, 2.45) is 4.99 Å². The normalized spacial score (nSPS) is 16.9. The van der Waals surface area contributed by atoms with Gasteiger partial charge in [0.2, 0.25) is 0 Å². The zero-order valence-corrected chi connectivity index (χ0v) is 22.2. The van der Waals surface area contributed by atoms with E-state index in [0.717, 1.165) is 39.1 Å². The Morgan fingerprint density at radius 3 is 2.81 bits per heavy atom. The molecule has 0 fully saturated rings. The van der Waals surface area contributed by atoms with Crippen molar-refractivity contribution < 1.29 is 4.42 Å². The fourth-order valence-electron chi connectivity index (χ4n) is 5.07. The molecule has 176 valence electrons. The predicted octanol–water partition coefficient (Wildman–Crippen LogP) is 6.40. The first-order valence-corrected chi connectivity index (χ1v) is 14.2. The Bertz CT molecular complexity index is 1840. The van der Waals surface area contributed by atoms with E-state index in [1.54, 1.807) is 11.3 Å². The molecule has 7 heteroatoms. The van der Waals surface area contributed by atoms with E-state index in [1.165, 1.54) is 32.9 Å². The molecule has 0 saturated carbocycles. The minimum Gasteiger partial charge on any atom is -0.457 e. The van der Waals surface area contributed by atoms with E-state index in [4.69, 9.17) is 9.41 Å². The van der Waals surface area contributed by atoms with Crippen LogP contribution in [0.1, 0.15) is 34.2 Å². The van der Waals surface area contributed by atoms with Gasteiger partial charge in [-0.2, -0.15) is 0 Å². The summed E-state index contributed by atoms with van der Waals surface area (Å²) in [6.45, 7) is 0. The van der Waals surface area contributed by atoms with Gasteiger partial charge in [-0.05, 0) is 59.7 Å². The molecule has 36 heavy (non-hydrogen) atoms. The van der Waals surface area contributed by atoms with Gasteiger partial charge in [-0.15, -0.1) is 11.3 Å². The molecular formula is C29H19BrN2O2S2. The summed E-state index contributed by atoms with van der Waals surface area (Å²) in [5.41, 5.74) is 5.71. The van der Waals surface area contributed by atoms with Gasteiger partial charge in [0.1, 0.15) is 11.5 Å². The van der Waals surface area contributed by atoms with Crippen molar-refractivity contribution in [1.29, 1.82) is 0 Å². The summed E-state index contributed by atoms with van der Waals surface area (Å²) in [6.07, 6.45) is 3.70. The summed E-state index contributed by atoms with van der Waals surface area (Å²) in [5, 5.41) is 2.08. The summed E-state index contributed by atoms with van der Waals surface area (Å²) < 4.78 is 9.60. The van der Waals surface area contributed by atoms with Crippen LogP contribution in [0, 0.1) is 0 Å². The molecule has 2 aromatic carbocycles. The summed E-state index contributed by atoms with van der Waals surface area (Å²) in [5.74, 6) is 1.41. The van der Waals surface area contributed by atoms with Gasteiger partial charge < -0.3 is 4.42 Å². The SMILES string of the molecule is O=c1/c(=C\c2ccc(-c3cccc(Br)c3)o2)sc2n1[C@@H](c1cccs1)C1=C(N=2)c2ccccc2CC1. The van der Waals surface area contributed by atoms with Gasteiger partial charge in [-0.1, -0.05) is 69.7 Å². The molecule has 1 aliphatic carbocycles. The lowest BCUT2D eigenvalue weighted by Crippen LogP contribution is -2.38. The number of nitrogens with zero attached hydrogens (tertiary/aromatic N) is 2. The van der Waals surface area contributed by atoms with E-state index in [1.807, 2.05) is 47.0 Å². The molecule has 0 amide bonds. The van der Waals surface area contributed by atoms with Crippen LogP contribution in [-0.4, -0.2) is 4.57 Å². The van der Waals surface area contributed by atoms with Crippen molar-refractivity contribution in [3.8, 4) is 11.3 Å². The molecule has 0 saturated heterocycles. The summed E-state index contributed by atoms with van der Waals surface area (Å²) in [4.78, 5) is 20.7. The Kier molecular flexibility index (Phi) is 5.31. The number of benzene rings is 2. The fraction of sp³-hybridized carbons (Fsp3) is 0.103. The van der Waals surface area contributed by atoms with Gasteiger partial charge in [0.15, 0.2) is 4.80 Å². The van der Waals surface area contributed by atoms with E-state index in [2.05, 4.69) is 57.7 Å². The second-order valence-electron chi connectivity index (χ2n) is 8.84. The third-order valence-electron chi connectivity index (χ3n) is 6.69. The average Bonchev–Trinajstić information content (AvgIpc) is 3.65. The molecule has 0 bridgehead atoms. The van der Waals surface area contributed by atoms with Gasteiger partial charge >= 0.3 is 0 Å². The molecule has 0 radical (unpaired) electrons. The van der Waals surface area contributed by atoms with E-state index in [0.29, 0.717) is 10.3 Å². The summed E-state index contributed by atoms with van der Waals surface area (Å²) in [6, 6.07) is 24.4. The van der Waals surface area contributed by atoms with Crippen molar-refractivity contribution in [3.05, 3.63) is 130 Å². The number of hydrogen-bond acceptors (Lipinski definition) is 5. The highest BCUT2D eigenvalue weighted by atomic mass is 79.9. The lowest BCUT2D eigenvalue weighted by molar-refractivity contribution is 0.571. The Morgan fingerprint density at radius 1 is 1.03 bits per heavy atom. The fourth-order valence-corrected chi connectivity index (χ4v) is 7.30. The zero-order valence-electron chi connectivity index (χ0n) is 19.0. The van der Waals surface area contributed by atoms with E-state index >= 15 is 0 Å². The Morgan fingerprint density at radius 2 is 1.94 bits per heavy atom. The van der Waals surface area contributed by atoms with Crippen molar-refractivity contribution in [3.63, 3.8) is 0 Å². The van der Waals surface area contributed by atoms with Gasteiger partial charge in [-0.3, -0.25) is 9.36 Å². The third kappa shape index (κ3) is 3.61. The third-order valence-corrected chi connectivity index (χ3v) is 9.10. The Labute approximate surface area is 223 Å². The second-order valence-corrected chi connectivity index (χ2v) is 11.7. The lowest BCUT2D eigenvalue weighted by atomic mass is 9.85. The molecular weight excluding hydrogens is 552 g/mol. The van der Waals surface area contributed by atoms with Crippen molar-refractivity contribution in [2.75, 3.05) is 0 Å². The minimum atomic E-state index is -0.124. The number of hydrogen-bond donors (Lipinski definition) is 0. The largest absolute Gasteiger partial charge is 0.457 e. The molecule has 7 rings (SSSR count). The predicted molar refractivity (Wildman–Crippen MR) is 149 cm³/mol. The standard InChI is InChI=1S/C29H19BrN2O2S2/c30-19-7-3-6-18(15-19)23-13-11-20(34-23)16-25-28(33)32-27(24-9-4-14-35-24)22-12-10-17-5-1-2-8-21(17)26(22)31-29(32)36-25/h1-9,11,13-16,27H,10,12H2/b25-16+/t27-/m1/s1. The number of halogens is 1. The van der Waals surface area contributed by atoms with Crippen LogP contribution in [0.15, 0.2) is 102 Å². The molecule has 1 atom stereocenters. The molecule has 5 aromatic rings. The van der Waals surface area contributed by atoms with Crippen molar-refractivity contribution in [2.45, 2.75) is 18.9 Å². The zero-order chi connectivity index (χ0) is 24.2. The number of fused-ring (bicyclic) bond motifs is 3. The number of thiophene rings is 1. The van der Waals surface area contributed by atoms with Gasteiger partial charge in [-0.25, -0.2) is 4.99 Å². The molecule has 4 nitrogen and oxygen atoms in total. The Balaban J connectivity index is 1.39. The quantitative estimate of drug-likeness (QED) is 0.252. The van der Waals surface area contributed by atoms with Crippen LogP contribution in [0.25, 0.3) is 23.1 Å². The number of thiazole rings is 1. The highest BCUT2D eigenvalue weighted by Gasteiger charge is 2.33. The van der Waals surface area contributed by atoms with Crippen LogP contribution in [0.5, 0.6) is 0 Å². The van der Waals surface area contributed by atoms with Crippen LogP contribution in [0.2, 0.25) is 0 Å². The molecule has 4 heterocycles. The number of rotatable bonds is 3. The van der Waals surface area contributed by atoms with Crippen molar-refractivity contribution in [1.82, 2.24) is 4.57 Å². The molecule has 3 aromatic heterocycles. The lowest BCUT2D eigenvalue weighted by Gasteiger charge is -2.30. The minimum absolute atomic E-state index is 0.0250. The van der Waals surface area contributed by atoms with E-state index in [9.17, 15) is 4.79 Å². The molecule has 0 N–H and O–H groups in total. The van der Waals surface area contributed by atoms with Gasteiger partial charge in [0, 0.05) is 26.6 Å². The van der Waals surface area contributed by atoms with E-state index < -0.39 is 0 Å². The molecule has 2 aliphatic rings. The van der Waals surface area contributed by atoms with Crippen LogP contribution >= 0.6 is 38.6 Å². The first-order valence-electron chi connectivity index (χ1n) is 11.7. The topological polar surface area (TPSA) is 47.5 Å². The monoisotopic (exact) mass is 570 g/mol. The second kappa shape index (κ2) is 8.69. The van der Waals surface area contributed by atoms with Crippen LogP contribution in [0.3, 0.4) is 0 Å². The summed E-state index contributed by atoms with van der Waals surface area (Å²) >= 11 is 6.63. The maximum atomic E-state index is 13.8. The average molecular weight is 572 g/mol. The first kappa shape index (κ1) is 22.0. The van der Waals surface area contributed by atoms with Crippen LogP contribution < -0.4 is 14.9 Å². The van der Waals surface area contributed by atoms with Gasteiger partial charge in [0.25, 0.3) is 5.56 Å². The van der Waals surface area contributed by atoms with E-state index in [-0.39, 0.29) is 11.6 Å². The number of aromatic nitrogens is 1. The van der Waals surface area contributed by atoms with Gasteiger partial charge in [0.05, 0.1) is 16.3 Å². The Hall–Kier alpha value is -3.26. The molecule has 0 unspecified atom stereocenters. The first-order chi connectivity index (χ1) is 17.7. The summed E-state index contributed by atoms with van der Waals surface area (Å²) in [7, 11) is 0.